The minimum absolute atomic E-state index is 0.499. The van der Waals surface area contributed by atoms with Gasteiger partial charge in [0.05, 0.1) is 0 Å². The van der Waals surface area contributed by atoms with Gasteiger partial charge in [-0.3, -0.25) is 0 Å². The normalized spacial score (nSPS) is 10.5. The van der Waals surface area contributed by atoms with Gasteiger partial charge in [-0.05, 0) is 0 Å². The SMILES string of the molecule is Cc1cccc(C(C)C)c1[N]=[Ni]. The molecule has 0 heterocycles. The van der Waals surface area contributed by atoms with Crippen LogP contribution in [0, 0.1) is 6.92 Å². The van der Waals surface area contributed by atoms with Crippen molar-refractivity contribution < 1.29 is 15.3 Å². The second-order valence-corrected chi connectivity index (χ2v) is 3.46. The summed E-state index contributed by atoms with van der Waals surface area (Å²) in [6.45, 7) is 6.36. The molecule has 0 aromatic heterocycles. The predicted molar refractivity (Wildman–Crippen MR) is 47.4 cm³/mol. The Morgan fingerprint density at radius 1 is 1.33 bits per heavy atom. The first kappa shape index (κ1) is 9.60. The molecular formula is C10H13NNi. The molecule has 1 nitrogen and oxygen atoms in total. The van der Waals surface area contributed by atoms with Crippen LogP contribution in [0.1, 0.15) is 30.9 Å². The molecule has 0 spiro atoms. The molecule has 0 aliphatic carbocycles. The third-order valence-electron chi connectivity index (χ3n) is 1.96. The summed E-state index contributed by atoms with van der Waals surface area (Å²) in [6.07, 6.45) is 0. The monoisotopic (exact) mass is 205 g/mol. The standard InChI is InChI=1S/C10H13N.Ni/c1-7(2)9-6-4-5-8(3)10(9)11;/h4-7H,1-3H3;. The first-order valence-electron chi connectivity index (χ1n) is 4.05. The maximum atomic E-state index is 4.45. The topological polar surface area (TPSA) is 12.4 Å². The molecule has 0 saturated carbocycles. The molecule has 0 aliphatic rings. The van der Waals surface area contributed by atoms with E-state index < -0.39 is 0 Å². The van der Waals surface area contributed by atoms with Crippen molar-refractivity contribution in [3.8, 4) is 0 Å². The van der Waals surface area contributed by atoms with E-state index in [2.05, 4.69) is 45.3 Å². The Morgan fingerprint density at radius 3 is 2.42 bits per heavy atom. The van der Waals surface area contributed by atoms with Crippen LogP contribution in [-0.2, 0) is 15.3 Å². The predicted octanol–water partition coefficient (Wildman–Crippen LogP) is 3.48. The summed E-state index contributed by atoms with van der Waals surface area (Å²) >= 11 is 4.45. The number of rotatable bonds is 2. The molecule has 0 unspecified atom stereocenters. The Morgan fingerprint density at radius 2 is 2.00 bits per heavy atom. The van der Waals surface area contributed by atoms with E-state index in [0.29, 0.717) is 5.92 Å². The molecule has 0 amide bonds. The average molecular weight is 206 g/mol. The van der Waals surface area contributed by atoms with E-state index in [4.69, 9.17) is 0 Å². The van der Waals surface area contributed by atoms with E-state index in [1.165, 1.54) is 11.1 Å². The van der Waals surface area contributed by atoms with Crippen LogP contribution < -0.4 is 0 Å². The van der Waals surface area contributed by atoms with E-state index in [1.54, 1.807) is 0 Å². The van der Waals surface area contributed by atoms with Crippen molar-refractivity contribution in [1.82, 2.24) is 0 Å². The van der Waals surface area contributed by atoms with Crippen LogP contribution in [0.4, 0.5) is 5.69 Å². The fourth-order valence-electron chi connectivity index (χ4n) is 1.24. The molecule has 1 aromatic rings. The van der Waals surface area contributed by atoms with Gasteiger partial charge < -0.3 is 0 Å². The quantitative estimate of drug-likeness (QED) is 0.656. The van der Waals surface area contributed by atoms with Crippen molar-refractivity contribution >= 4 is 5.69 Å². The van der Waals surface area contributed by atoms with Gasteiger partial charge in [-0.2, -0.15) is 0 Å². The molecule has 0 aliphatic heterocycles. The van der Waals surface area contributed by atoms with Crippen LogP contribution in [0.15, 0.2) is 22.2 Å². The molecular weight excluding hydrogens is 193 g/mol. The maximum absolute atomic E-state index is 4.45. The van der Waals surface area contributed by atoms with Gasteiger partial charge in [0.15, 0.2) is 0 Å². The van der Waals surface area contributed by atoms with E-state index in [1.807, 2.05) is 13.0 Å². The fourth-order valence-corrected chi connectivity index (χ4v) is 1.55. The third-order valence-corrected chi connectivity index (χ3v) is 2.18. The van der Waals surface area contributed by atoms with Gasteiger partial charge in [0.1, 0.15) is 0 Å². The molecule has 0 fully saturated rings. The zero-order valence-corrected chi connectivity index (χ0v) is 8.56. The molecule has 1 aromatic carbocycles. The zero-order valence-electron chi connectivity index (χ0n) is 7.57. The Bertz CT molecular complexity index is 292. The van der Waals surface area contributed by atoms with Gasteiger partial charge in [0.25, 0.3) is 0 Å². The van der Waals surface area contributed by atoms with Crippen molar-refractivity contribution in [1.29, 1.82) is 0 Å². The summed E-state index contributed by atoms with van der Waals surface area (Å²) in [7, 11) is 0. The summed E-state index contributed by atoms with van der Waals surface area (Å²) < 4.78 is 3.92. The van der Waals surface area contributed by atoms with Crippen molar-refractivity contribution in [2.24, 2.45) is 4.03 Å². The molecule has 0 radical (unpaired) electrons. The number of benzene rings is 1. The summed E-state index contributed by atoms with van der Waals surface area (Å²) in [4.78, 5) is 0. The van der Waals surface area contributed by atoms with Gasteiger partial charge in [0.2, 0.25) is 0 Å². The van der Waals surface area contributed by atoms with Crippen LogP contribution in [0.25, 0.3) is 0 Å². The Hall–Kier alpha value is -0.486. The second-order valence-electron chi connectivity index (χ2n) is 3.24. The van der Waals surface area contributed by atoms with Crippen LogP contribution in [0.5, 0.6) is 0 Å². The van der Waals surface area contributed by atoms with E-state index in [9.17, 15) is 0 Å². The molecule has 0 bridgehead atoms. The van der Waals surface area contributed by atoms with Crippen molar-refractivity contribution in [3.63, 3.8) is 0 Å². The Kier molecular flexibility index (Phi) is 3.16. The van der Waals surface area contributed by atoms with Crippen molar-refractivity contribution in [2.45, 2.75) is 26.7 Å². The summed E-state index contributed by atoms with van der Waals surface area (Å²) in [5, 5.41) is 0. The van der Waals surface area contributed by atoms with E-state index in [0.717, 1.165) is 5.69 Å². The molecule has 1 rings (SSSR count). The molecule has 0 N–H and O–H groups in total. The van der Waals surface area contributed by atoms with Crippen LogP contribution in [0.3, 0.4) is 0 Å². The Balaban J connectivity index is 3.27. The van der Waals surface area contributed by atoms with E-state index in [-0.39, 0.29) is 0 Å². The van der Waals surface area contributed by atoms with Gasteiger partial charge in [0, 0.05) is 0 Å². The van der Waals surface area contributed by atoms with Gasteiger partial charge in [-0.25, -0.2) is 0 Å². The number of aryl methyl sites for hydroxylation is 1. The van der Waals surface area contributed by atoms with Crippen LogP contribution >= 0.6 is 0 Å². The molecule has 0 atom stereocenters. The van der Waals surface area contributed by atoms with Gasteiger partial charge >= 0.3 is 81.0 Å². The Labute approximate surface area is 81.3 Å². The molecule has 12 heavy (non-hydrogen) atoms. The number of nitrogens with zero attached hydrogens (tertiary/aromatic N) is 1. The average Bonchev–Trinajstić information content (AvgIpc) is 2.03. The van der Waals surface area contributed by atoms with Crippen molar-refractivity contribution in [2.75, 3.05) is 0 Å². The molecule has 68 valence electrons. The summed E-state index contributed by atoms with van der Waals surface area (Å²) in [5.74, 6) is 0.499. The zero-order chi connectivity index (χ0) is 9.14. The number of hydrogen-bond donors (Lipinski definition) is 0. The van der Waals surface area contributed by atoms with Crippen LogP contribution in [0.2, 0.25) is 0 Å². The fraction of sp³-hybridized carbons (Fsp3) is 0.400. The summed E-state index contributed by atoms with van der Waals surface area (Å²) in [5.41, 5.74) is 3.42. The first-order chi connectivity index (χ1) is 5.66. The minimum atomic E-state index is 0.499. The molecule has 2 heteroatoms. The van der Waals surface area contributed by atoms with Gasteiger partial charge in [-0.15, -0.1) is 0 Å². The molecule has 0 saturated heterocycles. The van der Waals surface area contributed by atoms with E-state index >= 15 is 0 Å². The number of hydrogen-bond acceptors (Lipinski definition) is 1. The van der Waals surface area contributed by atoms with Gasteiger partial charge in [-0.1, -0.05) is 0 Å². The third kappa shape index (κ3) is 1.81. The second kappa shape index (κ2) is 3.95. The van der Waals surface area contributed by atoms with Crippen molar-refractivity contribution in [3.05, 3.63) is 29.3 Å². The van der Waals surface area contributed by atoms with Crippen LogP contribution in [-0.4, -0.2) is 0 Å². The first-order valence-corrected chi connectivity index (χ1v) is 4.49. The summed E-state index contributed by atoms with van der Waals surface area (Å²) in [6, 6.07) is 6.19.